The van der Waals surface area contributed by atoms with Gasteiger partial charge in [-0.05, 0) is 43.0 Å². The summed E-state index contributed by atoms with van der Waals surface area (Å²) in [6.07, 6.45) is 9.60. The van der Waals surface area contributed by atoms with Crippen molar-refractivity contribution in [1.82, 2.24) is 20.5 Å². The molecule has 1 aromatic heterocycles. The molecule has 2 aromatic rings. The van der Waals surface area contributed by atoms with E-state index in [9.17, 15) is 4.79 Å². The summed E-state index contributed by atoms with van der Waals surface area (Å²) in [7, 11) is 0. The maximum atomic E-state index is 12.4. The molecule has 0 radical (unpaired) electrons. The molecule has 4 rings (SSSR count). The van der Waals surface area contributed by atoms with E-state index in [0.717, 1.165) is 42.4 Å². The zero-order valence-corrected chi connectivity index (χ0v) is 16.4. The fourth-order valence-electron chi connectivity index (χ4n) is 4.48. The topological polar surface area (TPSA) is 57.3 Å². The van der Waals surface area contributed by atoms with E-state index in [1.54, 1.807) is 6.20 Å². The fourth-order valence-corrected chi connectivity index (χ4v) is 4.48. The van der Waals surface area contributed by atoms with Crippen LogP contribution in [0.3, 0.4) is 0 Å². The van der Waals surface area contributed by atoms with Gasteiger partial charge >= 0.3 is 6.03 Å². The molecule has 1 unspecified atom stereocenters. The summed E-state index contributed by atoms with van der Waals surface area (Å²) in [5, 5.41) is 6.17. The highest BCUT2D eigenvalue weighted by atomic mass is 16.2. The fraction of sp³-hybridized carbons (Fsp3) is 0.478. The molecular weight excluding hydrogens is 348 g/mol. The zero-order valence-electron chi connectivity index (χ0n) is 16.4. The highest BCUT2D eigenvalue weighted by molar-refractivity contribution is 5.74. The molecule has 1 saturated carbocycles. The lowest BCUT2D eigenvalue weighted by atomic mass is 9.94. The van der Waals surface area contributed by atoms with Crippen LogP contribution in [0.1, 0.15) is 44.1 Å². The SMILES string of the molecule is O=C(NCc1cccc(-c2ccccn2)c1)NC1CCN(C2CCCCC2)C1. The molecular formula is C23H30N4O. The van der Waals surface area contributed by atoms with Gasteiger partial charge in [0.1, 0.15) is 0 Å². The Balaban J connectivity index is 1.25. The molecule has 2 amide bonds. The minimum absolute atomic E-state index is 0.0706. The molecule has 0 spiro atoms. The van der Waals surface area contributed by atoms with E-state index in [1.165, 1.54) is 32.1 Å². The summed E-state index contributed by atoms with van der Waals surface area (Å²) < 4.78 is 0. The minimum Gasteiger partial charge on any atom is -0.334 e. The average molecular weight is 379 g/mol. The predicted octanol–water partition coefficient (Wildman–Crippen LogP) is 3.95. The third kappa shape index (κ3) is 4.90. The predicted molar refractivity (Wildman–Crippen MR) is 112 cm³/mol. The van der Waals surface area contributed by atoms with Gasteiger partial charge in [0.15, 0.2) is 0 Å². The Morgan fingerprint density at radius 3 is 2.79 bits per heavy atom. The number of nitrogens with one attached hydrogen (secondary N) is 2. The second-order valence-electron chi connectivity index (χ2n) is 8.01. The standard InChI is InChI=1S/C23H30N4O/c28-23(26-20-12-14-27(17-20)21-9-2-1-3-10-21)25-16-18-7-6-8-19(15-18)22-11-4-5-13-24-22/h4-8,11,13,15,20-21H,1-3,9-10,12,14,16-17H2,(H2,25,26,28). The maximum Gasteiger partial charge on any atom is 0.315 e. The van der Waals surface area contributed by atoms with Crippen LogP contribution >= 0.6 is 0 Å². The Labute approximate surface area is 167 Å². The third-order valence-electron chi connectivity index (χ3n) is 5.99. The number of carbonyl (C=O) groups is 1. The molecule has 0 bridgehead atoms. The van der Waals surface area contributed by atoms with Gasteiger partial charge in [0.05, 0.1) is 5.69 Å². The molecule has 5 heteroatoms. The van der Waals surface area contributed by atoms with E-state index < -0.39 is 0 Å². The summed E-state index contributed by atoms with van der Waals surface area (Å²) in [6, 6.07) is 15.0. The molecule has 2 heterocycles. The van der Waals surface area contributed by atoms with Crippen molar-refractivity contribution in [2.24, 2.45) is 0 Å². The Hall–Kier alpha value is -2.40. The molecule has 28 heavy (non-hydrogen) atoms. The number of pyridine rings is 1. The molecule has 5 nitrogen and oxygen atoms in total. The zero-order chi connectivity index (χ0) is 19.2. The molecule has 1 saturated heterocycles. The van der Waals surface area contributed by atoms with Crippen molar-refractivity contribution in [2.45, 2.75) is 57.2 Å². The number of amides is 2. The van der Waals surface area contributed by atoms with E-state index in [1.807, 2.05) is 36.4 Å². The van der Waals surface area contributed by atoms with Gasteiger partial charge in [-0.1, -0.05) is 43.5 Å². The number of rotatable bonds is 5. The van der Waals surface area contributed by atoms with E-state index >= 15 is 0 Å². The lowest BCUT2D eigenvalue weighted by molar-refractivity contribution is 0.186. The second-order valence-corrected chi connectivity index (χ2v) is 8.01. The molecule has 2 aliphatic rings. The molecule has 148 valence electrons. The Kier molecular flexibility index (Phi) is 6.22. The van der Waals surface area contributed by atoms with Crippen LogP contribution in [0, 0.1) is 0 Å². The van der Waals surface area contributed by atoms with Gasteiger partial charge in [-0.25, -0.2) is 4.79 Å². The van der Waals surface area contributed by atoms with Crippen LogP contribution in [0.4, 0.5) is 4.79 Å². The monoisotopic (exact) mass is 378 g/mol. The van der Waals surface area contributed by atoms with Crippen molar-refractivity contribution >= 4 is 6.03 Å². The first kappa shape index (κ1) is 18.9. The van der Waals surface area contributed by atoms with Crippen molar-refractivity contribution in [1.29, 1.82) is 0 Å². The van der Waals surface area contributed by atoms with Gasteiger partial charge in [0.2, 0.25) is 0 Å². The Bertz CT molecular complexity index is 773. The maximum absolute atomic E-state index is 12.4. The normalized spacial score (nSPS) is 20.8. The van der Waals surface area contributed by atoms with Gasteiger partial charge < -0.3 is 10.6 Å². The highest BCUT2D eigenvalue weighted by Gasteiger charge is 2.29. The number of nitrogens with zero attached hydrogens (tertiary/aromatic N) is 2. The molecule has 1 aliphatic carbocycles. The first-order valence-electron chi connectivity index (χ1n) is 10.6. The first-order valence-corrected chi connectivity index (χ1v) is 10.6. The second kappa shape index (κ2) is 9.20. The van der Waals surface area contributed by atoms with E-state index in [-0.39, 0.29) is 12.1 Å². The minimum atomic E-state index is -0.0706. The number of carbonyl (C=O) groups excluding carboxylic acids is 1. The summed E-state index contributed by atoms with van der Waals surface area (Å²) in [4.78, 5) is 19.3. The van der Waals surface area contributed by atoms with Crippen molar-refractivity contribution < 1.29 is 4.79 Å². The summed E-state index contributed by atoms with van der Waals surface area (Å²) in [5.41, 5.74) is 3.09. The first-order chi connectivity index (χ1) is 13.8. The van der Waals surface area contributed by atoms with Crippen molar-refractivity contribution in [2.75, 3.05) is 13.1 Å². The van der Waals surface area contributed by atoms with E-state index in [0.29, 0.717) is 6.54 Å². The van der Waals surface area contributed by atoms with Gasteiger partial charge in [0, 0.05) is 43.5 Å². The summed E-state index contributed by atoms with van der Waals surface area (Å²) in [5.74, 6) is 0. The average Bonchev–Trinajstić information content (AvgIpc) is 3.22. The summed E-state index contributed by atoms with van der Waals surface area (Å²) >= 11 is 0. The van der Waals surface area contributed by atoms with Crippen molar-refractivity contribution in [3.8, 4) is 11.3 Å². The third-order valence-corrected chi connectivity index (χ3v) is 5.99. The van der Waals surface area contributed by atoms with Gasteiger partial charge in [-0.15, -0.1) is 0 Å². The smallest absolute Gasteiger partial charge is 0.315 e. The quantitative estimate of drug-likeness (QED) is 0.828. The molecule has 2 N–H and O–H groups in total. The Morgan fingerprint density at radius 1 is 1.07 bits per heavy atom. The van der Waals surface area contributed by atoms with Crippen molar-refractivity contribution in [3.05, 3.63) is 54.2 Å². The van der Waals surface area contributed by atoms with Crippen LogP contribution in [0.5, 0.6) is 0 Å². The number of urea groups is 1. The largest absolute Gasteiger partial charge is 0.334 e. The van der Waals surface area contributed by atoms with Crippen LogP contribution in [-0.2, 0) is 6.54 Å². The number of benzene rings is 1. The summed E-state index contributed by atoms with van der Waals surface area (Å²) in [6.45, 7) is 2.63. The number of hydrogen-bond acceptors (Lipinski definition) is 3. The molecule has 2 fully saturated rings. The van der Waals surface area contributed by atoms with E-state index in [2.05, 4.69) is 26.6 Å². The molecule has 1 aromatic carbocycles. The highest BCUT2D eigenvalue weighted by Crippen LogP contribution is 2.25. The lowest BCUT2D eigenvalue weighted by Gasteiger charge is -2.31. The number of aromatic nitrogens is 1. The number of likely N-dealkylation sites (tertiary alicyclic amines) is 1. The molecule has 1 atom stereocenters. The van der Waals surface area contributed by atoms with Gasteiger partial charge in [-0.3, -0.25) is 9.88 Å². The van der Waals surface area contributed by atoms with Gasteiger partial charge in [0.25, 0.3) is 0 Å². The Morgan fingerprint density at radius 2 is 1.96 bits per heavy atom. The van der Waals surface area contributed by atoms with Crippen LogP contribution in [0.15, 0.2) is 48.7 Å². The lowest BCUT2D eigenvalue weighted by Crippen LogP contribution is -2.44. The van der Waals surface area contributed by atoms with Gasteiger partial charge in [-0.2, -0.15) is 0 Å². The number of hydrogen-bond donors (Lipinski definition) is 2. The van der Waals surface area contributed by atoms with E-state index in [4.69, 9.17) is 0 Å². The van der Waals surface area contributed by atoms with Crippen molar-refractivity contribution in [3.63, 3.8) is 0 Å². The van der Waals surface area contributed by atoms with Crippen LogP contribution in [-0.4, -0.2) is 41.1 Å². The molecule has 1 aliphatic heterocycles. The van der Waals surface area contributed by atoms with Crippen LogP contribution < -0.4 is 10.6 Å². The van der Waals surface area contributed by atoms with Crippen LogP contribution in [0.25, 0.3) is 11.3 Å². The van der Waals surface area contributed by atoms with Crippen LogP contribution in [0.2, 0.25) is 0 Å².